The fourth-order valence-electron chi connectivity index (χ4n) is 2.56. The molecule has 0 atom stereocenters. The number of rotatable bonds is 6. The van der Waals surface area contributed by atoms with Gasteiger partial charge < -0.3 is 19.5 Å². The number of aromatic amines is 1. The van der Waals surface area contributed by atoms with Crippen molar-refractivity contribution in [3.05, 3.63) is 59.7 Å². The fourth-order valence-corrected chi connectivity index (χ4v) is 2.56. The van der Waals surface area contributed by atoms with Crippen molar-refractivity contribution in [2.75, 3.05) is 13.7 Å². The molecule has 124 valence electrons. The fraction of sp³-hybridized carbons (Fsp3) is 0.222. The number of benzene rings is 1. The van der Waals surface area contributed by atoms with Crippen LogP contribution in [0.25, 0.3) is 10.9 Å². The van der Waals surface area contributed by atoms with Gasteiger partial charge in [-0.15, -0.1) is 0 Å². The summed E-state index contributed by atoms with van der Waals surface area (Å²) < 4.78 is 9.79. The van der Waals surface area contributed by atoms with Crippen LogP contribution in [-0.2, 0) is 22.4 Å². The minimum atomic E-state index is -0.447. The van der Waals surface area contributed by atoms with Crippen molar-refractivity contribution < 1.29 is 18.7 Å². The number of aromatic nitrogens is 1. The van der Waals surface area contributed by atoms with E-state index in [1.165, 1.54) is 13.4 Å². The topological polar surface area (TPSA) is 84.3 Å². The molecule has 0 aliphatic carbocycles. The molecule has 0 bridgehead atoms. The normalized spacial score (nSPS) is 10.7. The van der Waals surface area contributed by atoms with E-state index < -0.39 is 5.97 Å². The van der Waals surface area contributed by atoms with Crippen molar-refractivity contribution in [2.24, 2.45) is 0 Å². The molecular formula is C18H18N2O4. The lowest BCUT2D eigenvalue weighted by Gasteiger charge is -2.04. The van der Waals surface area contributed by atoms with Crippen molar-refractivity contribution in [3.63, 3.8) is 0 Å². The maximum Gasteiger partial charge on any atom is 0.313 e. The molecule has 2 N–H and O–H groups in total. The number of methoxy groups -OCH3 is 1. The summed E-state index contributed by atoms with van der Waals surface area (Å²) in [5.41, 5.74) is 2.49. The number of hydrogen-bond acceptors (Lipinski definition) is 4. The summed E-state index contributed by atoms with van der Waals surface area (Å²) in [6.07, 6.45) is 2.02. The lowest BCUT2D eigenvalue weighted by molar-refractivity contribution is -0.140. The van der Waals surface area contributed by atoms with E-state index in [1.54, 1.807) is 6.07 Å². The third-order valence-electron chi connectivity index (χ3n) is 3.79. The highest BCUT2D eigenvalue weighted by Crippen LogP contribution is 2.15. The molecule has 24 heavy (non-hydrogen) atoms. The summed E-state index contributed by atoms with van der Waals surface area (Å²) >= 11 is 0. The van der Waals surface area contributed by atoms with Crippen LogP contribution in [0.3, 0.4) is 0 Å². The van der Waals surface area contributed by atoms with Crippen LogP contribution < -0.4 is 5.32 Å². The molecule has 2 heterocycles. The van der Waals surface area contributed by atoms with E-state index in [2.05, 4.69) is 21.1 Å². The van der Waals surface area contributed by atoms with E-state index in [4.69, 9.17) is 4.42 Å². The first kappa shape index (κ1) is 15.9. The summed E-state index contributed by atoms with van der Waals surface area (Å²) in [5.74, 6) is -0.402. The van der Waals surface area contributed by atoms with Gasteiger partial charge in [0.1, 0.15) is 12.2 Å². The number of fused-ring (bicyclic) bond motifs is 1. The van der Waals surface area contributed by atoms with Crippen LogP contribution in [-0.4, -0.2) is 30.5 Å². The zero-order valence-electron chi connectivity index (χ0n) is 13.3. The van der Waals surface area contributed by atoms with Gasteiger partial charge in [0.05, 0.1) is 18.9 Å². The molecule has 0 fully saturated rings. The maximum atomic E-state index is 12.2. The second-order valence-electron chi connectivity index (χ2n) is 5.40. The van der Waals surface area contributed by atoms with E-state index >= 15 is 0 Å². The highest BCUT2D eigenvalue weighted by molar-refractivity contribution is 5.96. The minimum absolute atomic E-state index is 0.0612. The zero-order valence-corrected chi connectivity index (χ0v) is 13.3. The second kappa shape index (κ2) is 7.04. The number of furan rings is 1. The number of para-hydroxylation sites is 1. The van der Waals surface area contributed by atoms with Crippen molar-refractivity contribution in [1.82, 2.24) is 10.3 Å². The molecule has 6 nitrogen and oxygen atoms in total. The summed E-state index contributed by atoms with van der Waals surface area (Å²) in [4.78, 5) is 26.9. The average molecular weight is 326 g/mol. The van der Waals surface area contributed by atoms with E-state index in [-0.39, 0.29) is 12.3 Å². The molecule has 0 unspecified atom stereocenters. The van der Waals surface area contributed by atoms with E-state index in [0.717, 1.165) is 16.6 Å². The summed E-state index contributed by atoms with van der Waals surface area (Å²) in [7, 11) is 1.30. The van der Waals surface area contributed by atoms with Gasteiger partial charge in [-0.1, -0.05) is 18.2 Å². The average Bonchev–Trinajstić information content (AvgIpc) is 3.20. The third-order valence-corrected chi connectivity index (χ3v) is 3.79. The Morgan fingerprint density at radius 3 is 2.88 bits per heavy atom. The van der Waals surface area contributed by atoms with Crippen LogP contribution in [0.1, 0.15) is 21.8 Å². The Labute approximate surface area is 138 Å². The molecular weight excluding hydrogens is 308 g/mol. The number of H-pyrrole nitrogens is 1. The van der Waals surface area contributed by atoms with E-state index in [1.807, 2.05) is 24.3 Å². The molecule has 1 amide bonds. The van der Waals surface area contributed by atoms with Gasteiger partial charge in [-0.05, 0) is 23.6 Å². The zero-order chi connectivity index (χ0) is 16.9. The number of hydrogen-bond donors (Lipinski definition) is 2. The Morgan fingerprint density at radius 2 is 2.08 bits per heavy atom. The number of amides is 1. The first-order valence-electron chi connectivity index (χ1n) is 7.65. The predicted octanol–water partition coefficient (Wildman–Crippen LogP) is 2.45. The molecule has 6 heteroatoms. The van der Waals surface area contributed by atoms with Gasteiger partial charge in [0, 0.05) is 24.2 Å². The predicted molar refractivity (Wildman–Crippen MR) is 88.8 cm³/mol. The lowest BCUT2D eigenvalue weighted by Crippen LogP contribution is -2.26. The first-order chi connectivity index (χ1) is 11.7. The molecule has 3 aromatic rings. The molecule has 1 aromatic carbocycles. The van der Waals surface area contributed by atoms with Crippen molar-refractivity contribution in [1.29, 1.82) is 0 Å². The van der Waals surface area contributed by atoms with Crippen LogP contribution in [0.4, 0.5) is 0 Å². The van der Waals surface area contributed by atoms with Gasteiger partial charge in [0.15, 0.2) is 0 Å². The van der Waals surface area contributed by atoms with E-state index in [0.29, 0.717) is 24.3 Å². The third kappa shape index (κ3) is 3.48. The number of esters is 1. The Bertz CT molecular complexity index is 830. The lowest BCUT2D eigenvalue weighted by atomic mass is 10.2. The van der Waals surface area contributed by atoms with Crippen LogP contribution >= 0.6 is 0 Å². The monoisotopic (exact) mass is 326 g/mol. The van der Waals surface area contributed by atoms with Gasteiger partial charge in [-0.25, -0.2) is 0 Å². The number of nitrogens with one attached hydrogen (secondary N) is 2. The molecule has 0 aliphatic heterocycles. The van der Waals surface area contributed by atoms with Crippen molar-refractivity contribution in [3.8, 4) is 0 Å². The van der Waals surface area contributed by atoms with Gasteiger partial charge in [-0.2, -0.15) is 0 Å². The Morgan fingerprint density at radius 1 is 1.25 bits per heavy atom. The largest absolute Gasteiger partial charge is 0.469 e. The van der Waals surface area contributed by atoms with Crippen LogP contribution in [0.2, 0.25) is 0 Å². The van der Waals surface area contributed by atoms with Crippen molar-refractivity contribution in [2.45, 2.75) is 12.8 Å². The van der Waals surface area contributed by atoms with Gasteiger partial charge in [0.2, 0.25) is 0 Å². The number of carbonyl (C=O) groups excluding carboxylic acids is 2. The standard InChI is InChI=1S/C18H18N2O4/c1-23-17(21)11-16-14(7-9-24-16)18(22)19-8-6-13-10-12-4-2-3-5-15(12)20-13/h2-5,7,9-10,20H,6,8,11H2,1H3,(H,19,22). The molecule has 0 radical (unpaired) electrons. The highest BCUT2D eigenvalue weighted by Gasteiger charge is 2.17. The van der Waals surface area contributed by atoms with E-state index in [9.17, 15) is 9.59 Å². The second-order valence-corrected chi connectivity index (χ2v) is 5.40. The van der Waals surface area contributed by atoms with Gasteiger partial charge in [0.25, 0.3) is 5.91 Å². The first-order valence-corrected chi connectivity index (χ1v) is 7.65. The quantitative estimate of drug-likeness (QED) is 0.682. The molecule has 0 spiro atoms. The summed E-state index contributed by atoms with van der Waals surface area (Å²) in [6.45, 7) is 0.481. The SMILES string of the molecule is COC(=O)Cc1occc1C(=O)NCCc1cc2ccccc2[nH]1. The smallest absolute Gasteiger partial charge is 0.313 e. The molecule has 0 saturated carbocycles. The highest BCUT2D eigenvalue weighted by atomic mass is 16.5. The van der Waals surface area contributed by atoms with Crippen molar-refractivity contribution >= 4 is 22.8 Å². The van der Waals surface area contributed by atoms with Crippen LogP contribution in [0.15, 0.2) is 47.1 Å². The van der Waals surface area contributed by atoms with Crippen LogP contribution in [0, 0.1) is 0 Å². The molecule has 2 aromatic heterocycles. The minimum Gasteiger partial charge on any atom is -0.469 e. The Hall–Kier alpha value is -3.02. The summed E-state index contributed by atoms with van der Waals surface area (Å²) in [5, 5.41) is 3.99. The molecule has 0 saturated heterocycles. The molecule has 3 rings (SSSR count). The Balaban J connectivity index is 1.58. The summed E-state index contributed by atoms with van der Waals surface area (Å²) in [6, 6.07) is 11.6. The maximum absolute atomic E-state index is 12.2. The van der Waals surface area contributed by atoms with Gasteiger partial charge >= 0.3 is 5.97 Å². The number of carbonyl (C=O) groups is 2. The Kier molecular flexibility index (Phi) is 4.65. The number of ether oxygens (including phenoxy) is 1. The van der Waals surface area contributed by atoms with Crippen LogP contribution in [0.5, 0.6) is 0 Å². The molecule has 0 aliphatic rings. The van der Waals surface area contributed by atoms with Gasteiger partial charge in [-0.3, -0.25) is 9.59 Å².